The lowest BCUT2D eigenvalue weighted by molar-refractivity contribution is 0.111. The number of rotatable bonds is 5. The highest BCUT2D eigenvalue weighted by molar-refractivity contribution is 6.32. The van der Waals surface area contributed by atoms with Crippen molar-refractivity contribution in [3.8, 4) is 5.75 Å². The summed E-state index contributed by atoms with van der Waals surface area (Å²) in [7, 11) is 3.91. The predicted octanol–water partition coefficient (Wildman–Crippen LogP) is 2.09. The molecule has 0 radical (unpaired) electrons. The molecule has 1 aromatic rings. The standard InChI is InChI=1S/C11H14ClNO2/c1-13(2)6-7-15-11-9(8-14)4-3-5-10(11)12/h3-5,8H,6-7H2,1-2H3. The molecule has 0 unspecified atom stereocenters. The van der Waals surface area contributed by atoms with E-state index in [1.165, 1.54) is 0 Å². The maximum atomic E-state index is 10.7. The average Bonchev–Trinajstić information content (AvgIpc) is 2.20. The summed E-state index contributed by atoms with van der Waals surface area (Å²) in [5.74, 6) is 0.469. The smallest absolute Gasteiger partial charge is 0.153 e. The lowest BCUT2D eigenvalue weighted by atomic mass is 10.2. The number of ether oxygens (including phenoxy) is 1. The Labute approximate surface area is 94.6 Å². The number of nitrogens with zero attached hydrogens (tertiary/aromatic N) is 1. The number of aldehydes is 1. The number of benzene rings is 1. The van der Waals surface area contributed by atoms with Gasteiger partial charge in [-0.25, -0.2) is 0 Å². The van der Waals surface area contributed by atoms with E-state index in [4.69, 9.17) is 16.3 Å². The molecule has 15 heavy (non-hydrogen) atoms. The first kappa shape index (κ1) is 12.0. The molecule has 0 bridgehead atoms. The van der Waals surface area contributed by atoms with Crippen LogP contribution in [-0.4, -0.2) is 38.4 Å². The Balaban J connectivity index is 2.70. The van der Waals surface area contributed by atoms with Crippen molar-refractivity contribution in [2.45, 2.75) is 0 Å². The van der Waals surface area contributed by atoms with Gasteiger partial charge in [-0.2, -0.15) is 0 Å². The van der Waals surface area contributed by atoms with Crippen molar-refractivity contribution >= 4 is 17.9 Å². The lowest BCUT2D eigenvalue weighted by Crippen LogP contribution is -2.19. The third-order valence-corrected chi connectivity index (χ3v) is 2.21. The molecule has 1 aromatic carbocycles. The molecule has 82 valence electrons. The van der Waals surface area contributed by atoms with Crippen LogP contribution in [0.2, 0.25) is 5.02 Å². The third-order valence-electron chi connectivity index (χ3n) is 1.91. The average molecular weight is 228 g/mol. The molecular weight excluding hydrogens is 214 g/mol. The van der Waals surface area contributed by atoms with E-state index in [2.05, 4.69) is 0 Å². The second-order valence-corrected chi connectivity index (χ2v) is 3.83. The molecule has 0 N–H and O–H groups in total. The Morgan fingerprint density at radius 2 is 2.20 bits per heavy atom. The molecule has 0 amide bonds. The summed E-state index contributed by atoms with van der Waals surface area (Å²) in [4.78, 5) is 12.7. The highest BCUT2D eigenvalue weighted by atomic mass is 35.5. The normalized spacial score (nSPS) is 10.4. The summed E-state index contributed by atoms with van der Waals surface area (Å²) in [6, 6.07) is 5.12. The number of halogens is 1. The topological polar surface area (TPSA) is 29.5 Å². The molecule has 0 aliphatic carbocycles. The van der Waals surface area contributed by atoms with Crippen molar-refractivity contribution in [2.24, 2.45) is 0 Å². The van der Waals surface area contributed by atoms with Crippen LogP contribution < -0.4 is 4.74 Å². The van der Waals surface area contributed by atoms with E-state index in [9.17, 15) is 4.79 Å². The molecule has 0 atom stereocenters. The largest absolute Gasteiger partial charge is 0.490 e. The van der Waals surface area contributed by atoms with E-state index in [0.717, 1.165) is 12.8 Å². The van der Waals surface area contributed by atoms with Gasteiger partial charge in [0.15, 0.2) is 6.29 Å². The summed E-state index contributed by atoms with van der Waals surface area (Å²) >= 11 is 5.93. The van der Waals surface area contributed by atoms with E-state index in [1.54, 1.807) is 18.2 Å². The fourth-order valence-electron chi connectivity index (χ4n) is 1.10. The van der Waals surface area contributed by atoms with Gasteiger partial charge in [0.05, 0.1) is 10.6 Å². The Morgan fingerprint density at radius 1 is 1.47 bits per heavy atom. The molecule has 1 rings (SSSR count). The van der Waals surface area contributed by atoms with Gasteiger partial charge in [0, 0.05) is 6.54 Å². The third kappa shape index (κ3) is 3.53. The van der Waals surface area contributed by atoms with Crippen LogP contribution in [0.5, 0.6) is 5.75 Å². The Morgan fingerprint density at radius 3 is 2.80 bits per heavy atom. The number of likely N-dealkylation sites (N-methyl/N-ethyl adjacent to an activating group) is 1. The first-order chi connectivity index (χ1) is 7.15. The van der Waals surface area contributed by atoms with Gasteiger partial charge < -0.3 is 9.64 Å². The van der Waals surface area contributed by atoms with Crippen molar-refractivity contribution in [1.29, 1.82) is 0 Å². The molecule has 0 aromatic heterocycles. The first-order valence-corrected chi connectivity index (χ1v) is 5.04. The number of para-hydroxylation sites is 1. The monoisotopic (exact) mass is 227 g/mol. The van der Waals surface area contributed by atoms with Gasteiger partial charge in [-0.15, -0.1) is 0 Å². The van der Waals surface area contributed by atoms with Gasteiger partial charge in [0.2, 0.25) is 0 Å². The SMILES string of the molecule is CN(C)CCOc1c(Cl)cccc1C=O. The molecule has 0 aliphatic heterocycles. The minimum atomic E-state index is 0.469. The van der Waals surface area contributed by atoms with Gasteiger partial charge in [0.25, 0.3) is 0 Å². The van der Waals surface area contributed by atoms with Crippen LogP contribution in [0.1, 0.15) is 10.4 Å². The van der Waals surface area contributed by atoms with Crippen molar-refractivity contribution in [1.82, 2.24) is 4.90 Å². The van der Waals surface area contributed by atoms with Crippen molar-refractivity contribution < 1.29 is 9.53 Å². The fraction of sp³-hybridized carbons (Fsp3) is 0.364. The second-order valence-electron chi connectivity index (χ2n) is 3.43. The van der Waals surface area contributed by atoms with E-state index in [1.807, 2.05) is 19.0 Å². The van der Waals surface area contributed by atoms with Crippen LogP contribution in [0.15, 0.2) is 18.2 Å². The fourth-order valence-corrected chi connectivity index (χ4v) is 1.34. The van der Waals surface area contributed by atoms with Crippen LogP contribution in [-0.2, 0) is 0 Å². The Kier molecular flexibility index (Phi) is 4.59. The Bertz CT molecular complexity index is 339. The highest BCUT2D eigenvalue weighted by Crippen LogP contribution is 2.27. The van der Waals surface area contributed by atoms with Gasteiger partial charge in [-0.1, -0.05) is 17.7 Å². The molecule has 0 saturated carbocycles. The van der Waals surface area contributed by atoms with E-state index < -0.39 is 0 Å². The molecule has 0 saturated heterocycles. The summed E-state index contributed by atoms with van der Waals surface area (Å²) in [5, 5.41) is 0.471. The summed E-state index contributed by atoms with van der Waals surface area (Å²) in [6.45, 7) is 1.29. The van der Waals surface area contributed by atoms with E-state index in [-0.39, 0.29) is 0 Å². The lowest BCUT2D eigenvalue weighted by Gasteiger charge is -2.13. The number of carbonyl (C=O) groups excluding carboxylic acids is 1. The maximum absolute atomic E-state index is 10.7. The van der Waals surface area contributed by atoms with Gasteiger partial charge in [-0.05, 0) is 26.2 Å². The van der Waals surface area contributed by atoms with Crippen molar-refractivity contribution in [2.75, 3.05) is 27.2 Å². The molecule has 0 aliphatic rings. The molecule has 0 spiro atoms. The molecule has 3 nitrogen and oxygen atoms in total. The maximum Gasteiger partial charge on any atom is 0.153 e. The van der Waals surface area contributed by atoms with Gasteiger partial charge >= 0.3 is 0 Å². The summed E-state index contributed by atoms with van der Waals surface area (Å²) in [5.41, 5.74) is 0.487. The van der Waals surface area contributed by atoms with Gasteiger partial charge in [-0.3, -0.25) is 4.79 Å². The zero-order valence-electron chi connectivity index (χ0n) is 8.87. The molecule has 4 heteroatoms. The molecular formula is C11H14ClNO2. The van der Waals surface area contributed by atoms with Crippen molar-refractivity contribution in [3.63, 3.8) is 0 Å². The number of hydrogen-bond acceptors (Lipinski definition) is 3. The Hall–Kier alpha value is -1.06. The minimum absolute atomic E-state index is 0.469. The van der Waals surface area contributed by atoms with Crippen LogP contribution in [0.25, 0.3) is 0 Å². The van der Waals surface area contributed by atoms with E-state index in [0.29, 0.717) is 22.9 Å². The van der Waals surface area contributed by atoms with E-state index >= 15 is 0 Å². The number of hydrogen-bond donors (Lipinski definition) is 0. The van der Waals surface area contributed by atoms with Gasteiger partial charge in [0.1, 0.15) is 12.4 Å². The zero-order chi connectivity index (χ0) is 11.3. The molecule has 0 heterocycles. The van der Waals surface area contributed by atoms with Crippen LogP contribution in [0.3, 0.4) is 0 Å². The zero-order valence-corrected chi connectivity index (χ0v) is 9.62. The highest BCUT2D eigenvalue weighted by Gasteiger charge is 2.07. The first-order valence-electron chi connectivity index (χ1n) is 4.66. The van der Waals surface area contributed by atoms with Crippen molar-refractivity contribution in [3.05, 3.63) is 28.8 Å². The van der Waals surface area contributed by atoms with Crippen LogP contribution in [0.4, 0.5) is 0 Å². The second kappa shape index (κ2) is 5.73. The summed E-state index contributed by atoms with van der Waals surface area (Å²) < 4.78 is 5.46. The predicted molar refractivity (Wildman–Crippen MR) is 60.9 cm³/mol. The minimum Gasteiger partial charge on any atom is -0.490 e. The van der Waals surface area contributed by atoms with Crippen LogP contribution in [0, 0.1) is 0 Å². The summed E-state index contributed by atoms with van der Waals surface area (Å²) in [6.07, 6.45) is 0.747. The number of carbonyl (C=O) groups is 1. The van der Waals surface area contributed by atoms with Crippen LogP contribution >= 0.6 is 11.6 Å². The quantitative estimate of drug-likeness (QED) is 0.722. The molecule has 0 fully saturated rings.